The van der Waals surface area contributed by atoms with Gasteiger partial charge >= 0.3 is 0 Å². The Morgan fingerprint density at radius 3 is 2.33 bits per heavy atom. The molecule has 0 fully saturated rings. The van der Waals surface area contributed by atoms with Crippen LogP contribution in [-0.4, -0.2) is 0 Å². The van der Waals surface area contributed by atoms with Crippen molar-refractivity contribution in [3.05, 3.63) is 34.4 Å². The second-order valence-corrected chi connectivity index (χ2v) is 5.07. The standard InChI is InChI=1S/C16H20N2/c1-4-5-13-9-14(6-7-17)15(8-12(2)3)10-16(13)11-18/h9-10,12H,4-6,8H2,1-3H3. The Morgan fingerprint density at radius 2 is 1.83 bits per heavy atom. The van der Waals surface area contributed by atoms with Crippen LogP contribution in [0.15, 0.2) is 12.1 Å². The van der Waals surface area contributed by atoms with Crippen molar-refractivity contribution in [2.24, 2.45) is 5.92 Å². The van der Waals surface area contributed by atoms with Crippen molar-refractivity contribution in [1.82, 2.24) is 0 Å². The first-order chi connectivity index (χ1) is 8.62. The minimum absolute atomic E-state index is 0.435. The molecule has 0 aromatic heterocycles. The maximum Gasteiger partial charge on any atom is 0.0994 e. The van der Waals surface area contributed by atoms with Gasteiger partial charge in [0.1, 0.15) is 0 Å². The van der Waals surface area contributed by atoms with Gasteiger partial charge in [-0.15, -0.1) is 0 Å². The van der Waals surface area contributed by atoms with E-state index in [-0.39, 0.29) is 0 Å². The number of nitrogens with zero attached hydrogens (tertiary/aromatic N) is 2. The van der Waals surface area contributed by atoms with Gasteiger partial charge in [0.15, 0.2) is 0 Å². The van der Waals surface area contributed by atoms with E-state index in [1.54, 1.807) is 0 Å². The summed E-state index contributed by atoms with van der Waals surface area (Å²) < 4.78 is 0. The van der Waals surface area contributed by atoms with Crippen LogP contribution in [0.2, 0.25) is 0 Å². The third-order valence-corrected chi connectivity index (χ3v) is 2.96. The quantitative estimate of drug-likeness (QED) is 0.786. The summed E-state index contributed by atoms with van der Waals surface area (Å²) in [5.74, 6) is 0.533. The molecule has 0 aliphatic rings. The summed E-state index contributed by atoms with van der Waals surface area (Å²) in [6.45, 7) is 6.41. The van der Waals surface area contributed by atoms with Crippen LogP contribution >= 0.6 is 0 Å². The third kappa shape index (κ3) is 3.60. The molecule has 0 aliphatic carbocycles. The minimum atomic E-state index is 0.435. The second kappa shape index (κ2) is 6.82. The van der Waals surface area contributed by atoms with Gasteiger partial charge in [0.2, 0.25) is 0 Å². The van der Waals surface area contributed by atoms with E-state index in [4.69, 9.17) is 5.26 Å². The highest BCUT2D eigenvalue weighted by Gasteiger charge is 2.10. The van der Waals surface area contributed by atoms with Crippen LogP contribution in [0.5, 0.6) is 0 Å². The Morgan fingerprint density at radius 1 is 1.11 bits per heavy atom. The predicted octanol–water partition coefficient (Wildman–Crippen LogP) is 3.78. The van der Waals surface area contributed by atoms with E-state index < -0.39 is 0 Å². The molecule has 2 heteroatoms. The lowest BCUT2D eigenvalue weighted by Gasteiger charge is -2.13. The highest BCUT2D eigenvalue weighted by Crippen LogP contribution is 2.21. The minimum Gasteiger partial charge on any atom is -0.198 e. The van der Waals surface area contributed by atoms with Crippen LogP contribution in [-0.2, 0) is 19.3 Å². The van der Waals surface area contributed by atoms with Crippen LogP contribution in [0.25, 0.3) is 0 Å². The van der Waals surface area contributed by atoms with Crippen molar-refractivity contribution >= 4 is 0 Å². The second-order valence-electron chi connectivity index (χ2n) is 5.07. The molecule has 94 valence electrons. The first-order valence-corrected chi connectivity index (χ1v) is 6.54. The maximum absolute atomic E-state index is 9.21. The summed E-state index contributed by atoms with van der Waals surface area (Å²) in [7, 11) is 0. The van der Waals surface area contributed by atoms with E-state index in [0.717, 1.165) is 41.5 Å². The largest absolute Gasteiger partial charge is 0.198 e. The average Bonchev–Trinajstić information content (AvgIpc) is 2.32. The van der Waals surface area contributed by atoms with Crippen LogP contribution in [0.4, 0.5) is 0 Å². The maximum atomic E-state index is 9.21. The van der Waals surface area contributed by atoms with E-state index in [2.05, 4.69) is 39.0 Å². The molecule has 0 amide bonds. The van der Waals surface area contributed by atoms with E-state index >= 15 is 0 Å². The average molecular weight is 240 g/mol. The number of benzene rings is 1. The van der Waals surface area contributed by atoms with Crippen molar-refractivity contribution in [2.75, 3.05) is 0 Å². The molecule has 0 unspecified atom stereocenters. The molecule has 0 atom stereocenters. The van der Waals surface area contributed by atoms with Gasteiger partial charge in [-0.25, -0.2) is 0 Å². The van der Waals surface area contributed by atoms with Crippen LogP contribution in [0.1, 0.15) is 49.4 Å². The predicted molar refractivity (Wildman–Crippen MR) is 73.0 cm³/mol. The molecule has 0 heterocycles. The molecule has 18 heavy (non-hydrogen) atoms. The lowest BCUT2D eigenvalue weighted by atomic mass is 9.91. The van der Waals surface area contributed by atoms with Crippen molar-refractivity contribution in [3.63, 3.8) is 0 Å². The molecule has 1 aromatic rings. The topological polar surface area (TPSA) is 47.6 Å². The summed E-state index contributed by atoms with van der Waals surface area (Å²) in [6, 6.07) is 8.54. The highest BCUT2D eigenvalue weighted by molar-refractivity contribution is 5.46. The van der Waals surface area contributed by atoms with E-state index in [1.807, 2.05) is 6.07 Å². The van der Waals surface area contributed by atoms with Crippen molar-refractivity contribution < 1.29 is 0 Å². The molecule has 0 saturated carbocycles. The zero-order valence-electron chi connectivity index (χ0n) is 11.5. The fourth-order valence-electron chi connectivity index (χ4n) is 2.20. The fraction of sp³-hybridized carbons (Fsp3) is 0.500. The molecule has 0 aliphatic heterocycles. The lowest BCUT2D eigenvalue weighted by Crippen LogP contribution is -2.03. The smallest absolute Gasteiger partial charge is 0.0994 e. The zero-order chi connectivity index (χ0) is 13.5. The van der Waals surface area contributed by atoms with E-state index in [1.165, 1.54) is 0 Å². The van der Waals surface area contributed by atoms with Gasteiger partial charge in [-0.2, -0.15) is 10.5 Å². The lowest BCUT2D eigenvalue weighted by molar-refractivity contribution is 0.643. The van der Waals surface area contributed by atoms with Gasteiger partial charge in [0, 0.05) is 0 Å². The first-order valence-electron chi connectivity index (χ1n) is 6.54. The molecular formula is C16H20N2. The summed E-state index contributed by atoms with van der Waals surface area (Å²) >= 11 is 0. The van der Waals surface area contributed by atoms with Crippen LogP contribution < -0.4 is 0 Å². The van der Waals surface area contributed by atoms with Gasteiger partial charge in [0.25, 0.3) is 0 Å². The Bertz CT molecular complexity index is 487. The number of aryl methyl sites for hydroxylation is 1. The van der Waals surface area contributed by atoms with Gasteiger partial charge < -0.3 is 0 Å². The monoisotopic (exact) mass is 240 g/mol. The van der Waals surface area contributed by atoms with Gasteiger partial charge in [-0.05, 0) is 41.5 Å². The molecule has 0 N–H and O–H groups in total. The molecule has 2 nitrogen and oxygen atoms in total. The van der Waals surface area contributed by atoms with Gasteiger partial charge in [-0.3, -0.25) is 0 Å². The van der Waals surface area contributed by atoms with Crippen LogP contribution in [0, 0.1) is 28.6 Å². The molecular weight excluding hydrogens is 220 g/mol. The summed E-state index contributed by atoms with van der Waals surface area (Å²) in [5.41, 5.74) is 4.10. The molecule has 0 saturated heterocycles. The van der Waals surface area contributed by atoms with E-state index in [0.29, 0.717) is 12.3 Å². The third-order valence-electron chi connectivity index (χ3n) is 2.96. The normalized spacial score (nSPS) is 10.1. The van der Waals surface area contributed by atoms with Crippen LogP contribution in [0.3, 0.4) is 0 Å². The number of rotatable bonds is 5. The Labute approximate surface area is 110 Å². The number of nitriles is 2. The SMILES string of the molecule is CCCc1cc(CC#N)c(CC(C)C)cc1C#N. The Kier molecular flexibility index (Phi) is 5.40. The zero-order valence-corrected chi connectivity index (χ0v) is 11.5. The highest BCUT2D eigenvalue weighted by atomic mass is 14.3. The van der Waals surface area contributed by atoms with Gasteiger partial charge in [0.05, 0.1) is 24.1 Å². The van der Waals surface area contributed by atoms with Crippen molar-refractivity contribution in [2.45, 2.75) is 46.5 Å². The molecule has 0 radical (unpaired) electrons. The number of hydrogen-bond acceptors (Lipinski definition) is 2. The summed E-state index contributed by atoms with van der Waals surface area (Å²) in [6.07, 6.45) is 3.29. The first kappa shape index (κ1) is 14.3. The van der Waals surface area contributed by atoms with Crippen molar-refractivity contribution in [1.29, 1.82) is 10.5 Å². The molecule has 1 rings (SSSR count). The van der Waals surface area contributed by atoms with Crippen molar-refractivity contribution in [3.8, 4) is 12.1 Å². The Balaban J connectivity index is 3.24. The molecule has 0 spiro atoms. The molecule has 0 bridgehead atoms. The fourth-order valence-corrected chi connectivity index (χ4v) is 2.20. The summed E-state index contributed by atoms with van der Waals surface area (Å²) in [4.78, 5) is 0. The Hall–Kier alpha value is -1.80. The molecule has 1 aromatic carbocycles. The number of hydrogen-bond donors (Lipinski definition) is 0. The van der Waals surface area contributed by atoms with Gasteiger partial charge in [-0.1, -0.05) is 33.3 Å². The summed E-state index contributed by atoms with van der Waals surface area (Å²) in [5, 5.41) is 18.1. The van der Waals surface area contributed by atoms with E-state index in [9.17, 15) is 5.26 Å².